The van der Waals surface area contributed by atoms with Crippen LogP contribution in [0.2, 0.25) is 0 Å². The van der Waals surface area contributed by atoms with Gasteiger partial charge in [-0.05, 0) is 38.3 Å². The lowest BCUT2D eigenvalue weighted by Gasteiger charge is -2.17. The maximum atomic E-state index is 3.74. The van der Waals surface area contributed by atoms with Gasteiger partial charge in [-0.25, -0.2) is 0 Å². The molecule has 39 heavy (non-hydrogen) atoms. The average molecular weight is 550 g/mol. The van der Waals surface area contributed by atoms with Gasteiger partial charge in [0.25, 0.3) is 0 Å². The van der Waals surface area contributed by atoms with Crippen LogP contribution in [0.3, 0.4) is 0 Å². The van der Waals surface area contributed by atoms with Crippen molar-refractivity contribution in [1.82, 2.24) is 5.32 Å². The smallest absolute Gasteiger partial charge is 0.00205 e. The Morgan fingerprint density at radius 1 is 0.308 bits per heavy atom. The molecule has 0 bridgehead atoms. The normalized spacial score (nSPS) is 12.4. The average Bonchev–Trinajstić information content (AvgIpc) is 2.95. The first-order valence-corrected chi connectivity index (χ1v) is 19.1. The predicted molar refractivity (Wildman–Crippen MR) is 181 cm³/mol. The van der Waals surface area contributed by atoms with Crippen molar-refractivity contribution in [3.63, 3.8) is 0 Å². The molecule has 0 fully saturated rings. The Labute approximate surface area is 250 Å². The van der Waals surface area contributed by atoms with Crippen molar-refractivity contribution >= 4 is 0 Å². The molecule has 0 rings (SSSR count). The quantitative estimate of drug-likeness (QED) is 0.0775. The Hall–Kier alpha value is -0.0400. The summed E-state index contributed by atoms with van der Waals surface area (Å²) in [6, 6.07) is 0. The van der Waals surface area contributed by atoms with Crippen molar-refractivity contribution in [2.75, 3.05) is 13.1 Å². The Balaban J connectivity index is 3.54. The Kier molecular flexibility index (Phi) is 35.9. The molecule has 0 spiro atoms. The van der Waals surface area contributed by atoms with Crippen LogP contribution in [0.15, 0.2) is 0 Å². The van der Waals surface area contributed by atoms with E-state index in [0.29, 0.717) is 0 Å². The van der Waals surface area contributed by atoms with Crippen LogP contribution < -0.4 is 5.32 Å². The van der Waals surface area contributed by atoms with Gasteiger partial charge in [0, 0.05) is 0 Å². The van der Waals surface area contributed by atoms with Crippen molar-refractivity contribution in [1.29, 1.82) is 0 Å². The van der Waals surface area contributed by atoms with Gasteiger partial charge in [0.1, 0.15) is 0 Å². The van der Waals surface area contributed by atoms with Crippen LogP contribution in [-0.2, 0) is 0 Å². The molecule has 0 radical (unpaired) electrons. The van der Waals surface area contributed by atoms with Crippen molar-refractivity contribution in [3.8, 4) is 0 Å². The van der Waals surface area contributed by atoms with Crippen molar-refractivity contribution in [2.45, 2.75) is 226 Å². The first-order chi connectivity index (χ1) is 19.3. The first-order valence-electron chi connectivity index (χ1n) is 19.1. The van der Waals surface area contributed by atoms with Gasteiger partial charge < -0.3 is 5.32 Å². The number of hydrogen-bond donors (Lipinski definition) is 1. The van der Waals surface area contributed by atoms with Crippen LogP contribution in [-0.4, -0.2) is 13.1 Å². The highest BCUT2D eigenvalue weighted by Gasteiger charge is 2.08. The Morgan fingerprint density at radius 3 is 0.821 bits per heavy atom. The molecule has 1 atom stereocenters. The van der Waals surface area contributed by atoms with E-state index in [9.17, 15) is 0 Å². The third-order valence-corrected chi connectivity index (χ3v) is 9.04. The number of hydrogen-bond acceptors (Lipinski definition) is 1. The summed E-state index contributed by atoms with van der Waals surface area (Å²) in [6.45, 7) is 9.39. The molecule has 1 N–H and O–H groups in total. The summed E-state index contributed by atoms with van der Waals surface area (Å²) in [5.74, 6) is 0.927. The molecule has 0 heterocycles. The summed E-state index contributed by atoms with van der Waals surface area (Å²) in [6.07, 6.45) is 46.8. The van der Waals surface area contributed by atoms with E-state index in [-0.39, 0.29) is 0 Å². The van der Waals surface area contributed by atoms with Crippen LogP contribution in [0.25, 0.3) is 0 Å². The van der Waals surface area contributed by atoms with E-state index in [4.69, 9.17) is 0 Å². The van der Waals surface area contributed by atoms with Crippen LogP contribution in [0.5, 0.6) is 0 Å². The molecule has 0 aromatic carbocycles. The van der Waals surface area contributed by atoms with E-state index < -0.39 is 0 Å². The number of unbranched alkanes of at least 4 members (excludes halogenated alkanes) is 27. The van der Waals surface area contributed by atoms with E-state index >= 15 is 0 Å². The predicted octanol–water partition coefficient (Wildman–Crippen LogP) is 13.7. The lowest BCUT2D eigenvalue weighted by Crippen LogP contribution is -2.23. The maximum absolute atomic E-state index is 3.74. The first kappa shape index (κ1) is 39.0. The molecule has 0 aliphatic rings. The van der Waals surface area contributed by atoms with Gasteiger partial charge in [0.2, 0.25) is 0 Å². The van der Waals surface area contributed by atoms with E-state index in [1.807, 2.05) is 0 Å². The zero-order valence-electron chi connectivity index (χ0n) is 28.1. The highest BCUT2D eigenvalue weighted by atomic mass is 14.8. The SMILES string of the molecule is CCCCCCCCCCCCCCCCCC(CCCCCCCCCCCCCCCC)CNCCC. The lowest BCUT2D eigenvalue weighted by atomic mass is 9.93. The second kappa shape index (κ2) is 36.0. The van der Waals surface area contributed by atoms with E-state index in [0.717, 1.165) is 5.92 Å². The fourth-order valence-electron chi connectivity index (χ4n) is 6.26. The zero-order valence-corrected chi connectivity index (χ0v) is 28.1. The highest BCUT2D eigenvalue weighted by molar-refractivity contribution is 4.64. The minimum Gasteiger partial charge on any atom is -0.316 e. The van der Waals surface area contributed by atoms with Crippen molar-refractivity contribution in [3.05, 3.63) is 0 Å². The van der Waals surface area contributed by atoms with Gasteiger partial charge in [0.15, 0.2) is 0 Å². The Morgan fingerprint density at radius 2 is 0.564 bits per heavy atom. The van der Waals surface area contributed by atoms with Gasteiger partial charge in [-0.3, -0.25) is 0 Å². The van der Waals surface area contributed by atoms with Crippen LogP contribution >= 0.6 is 0 Å². The lowest BCUT2D eigenvalue weighted by molar-refractivity contribution is 0.381. The molecule has 0 saturated heterocycles. The van der Waals surface area contributed by atoms with Gasteiger partial charge >= 0.3 is 0 Å². The van der Waals surface area contributed by atoms with Gasteiger partial charge in [-0.2, -0.15) is 0 Å². The van der Waals surface area contributed by atoms with Gasteiger partial charge in [-0.1, -0.05) is 207 Å². The second-order valence-electron chi connectivity index (χ2n) is 13.2. The van der Waals surface area contributed by atoms with E-state index in [1.165, 1.54) is 219 Å². The molecule has 0 aliphatic heterocycles. The Bertz CT molecular complexity index is 406. The molecule has 0 saturated carbocycles. The standard InChI is InChI=1S/C38H79N/c1-4-7-9-11-13-15-17-19-21-23-25-27-29-31-33-35-38(37-39-36-6-3)34-32-30-28-26-24-22-20-18-16-14-12-10-8-5-2/h38-39H,4-37H2,1-3H3. The summed E-state index contributed by atoms with van der Waals surface area (Å²) >= 11 is 0. The second-order valence-corrected chi connectivity index (χ2v) is 13.2. The van der Waals surface area contributed by atoms with Crippen LogP contribution in [0, 0.1) is 5.92 Å². The van der Waals surface area contributed by atoms with Crippen molar-refractivity contribution < 1.29 is 0 Å². The molecule has 1 unspecified atom stereocenters. The summed E-state index contributed by atoms with van der Waals surface area (Å²) in [4.78, 5) is 0. The molecule has 236 valence electrons. The summed E-state index contributed by atoms with van der Waals surface area (Å²) in [7, 11) is 0. The summed E-state index contributed by atoms with van der Waals surface area (Å²) in [5.41, 5.74) is 0. The monoisotopic (exact) mass is 550 g/mol. The molecular formula is C38H79N. The van der Waals surface area contributed by atoms with Crippen LogP contribution in [0.1, 0.15) is 226 Å². The zero-order chi connectivity index (χ0) is 28.3. The highest BCUT2D eigenvalue weighted by Crippen LogP contribution is 2.20. The number of nitrogens with one attached hydrogen (secondary N) is 1. The molecule has 0 aliphatic carbocycles. The molecular weight excluding hydrogens is 470 g/mol. The summed E-state index contributed by atoms with van der Waals surface area (Å²) in [5, 5.41) is 3.74. The maximum Gasteiger partial charge on any atom is -0.00205 e. The minimum atomic E-state index is 0.927. The largest absolute Gasteiger partial charge is 0.316 e. The molecule has 1 heteroatoms. The van der Waals surface area contributed by atoms with Crippen LogP contribution in [0.4, 0.5) is 0 Å². The molecule has 0 aromatic rings. The third-order valence-electron chi connectivity index (χ3n) is 9.04. The third kappa shape index (κ3) is 34.1. The molecule has 1 nitrogen and oxygen atoms in total. The fraction of sp³-hybridized carbons (Fsp3) is 1.00. The minimum absolute atomic E-state index is 0.927. The number of rotatable bonds is 35. The fourth-order valence-corrected chi connectivity index (χ4v) is 6.26. The van der Waals surface area contributed by atoms with Crippen molar-refractivity contribution in [2.24, 2.45) is 5.92 Å². The topological polar surface area (TPSA) is 12.0 Å². The molecule has 0 aromatic heterocycles. The van der Waals surface area contributed by atoms with Gasteiger partial charge in [-0.15, -0.1) is 0 Å². The van der Waals surface area contributed by atoms with E-state index in [2.05, 4.69) is 26.1 Å². The van der Waals surface area contributed by atoms with E-state index in [1.54, 1.807) is 0 Å². The van der Waals surface area contributed by atoms with Gasteiger partial charge in [0.05, 0.1) is 0 Å². The summed E-state index contributed by atoms with van der Waals surface area (Å²) < 4.78 is 0. The molecule has 0 amide bonds.